The van der Waals surface area contributed by atoms with E-state index in [1.54, 1.807) is 7.11 Å². The van der Waals surface area contributed by atoms with Gasteiger partial charge in [-0.1, -0.05) is 12.1 Å². The van der Waals surface area contributed by atoms with Crippen molar-refractivity contribution in [1.29, 1.82) is 0 Å². The molecule has 0 unspecified atom stereocenters. The fraction of sp³-hybridized carbons (Fsp3) is 0.524. The third-order valence-electron chi connectivity index (χ3n) is 5.67. The van der Waals surface area contributed by atoms with Crippen LogP contribution in [-0.4, -0.2) is 53.2 Å². The zero-order valence-corrected chi connectivity index (χ0v) is 15.9. The van der Waals surface area contributed by atoms with Crippen molar-refractivity contribution in [2.45, 2.75) is 44.7 Å². The lowest BCUT2D eigenvalue weighted by atomic mass is 9.85. The van der Waals surface area contributed by atoms with Gasteiger partial charge in [-0.15, -0.1) is 0 Å². The summed E-state index contributed by atoms with van der Waals surface area (Å²) in [4.78, 5) is 18.0. The maximum absolute atomic E-state index is 11.2. The van der Waals surface area contributed by atoms with Gasteiger partial charge in [-0.05, 0) is 50.7 Å². The average Bonchev–Trinajstić information content (AvgIpc) is 3.40. The quantitative estimate of drug-likeness (QED) is 0.744. The van der Waals surface area contributed by atoms with Crippen molar-refractivity contribution in [3.8, 4) is 5.75 Å². The molecule has 2 aliphatic rings. The Morgan fingerprint density at radius 2 is 2.15 bits per heavy atom. The van der Waals surface area contributed by atoms with Gasteiger partial charge in [0.05, 0.1) is 13.7 Å². The molecule has 2 aliphatic carbocycles. The summed E-state index contributed by atoms with van der Waals surface area (Å²) in [6, 6.07) is 8.78. The van der Waals surface area contributed by atoms with Crippen molar-refractivity contribution in [2.24, 2.45) is 5.92 Å². The van der Waals surface area contributed by atoms with Crippen molar-refractivity contribution in [3.63, 3.8) is 0 Å². The number of fused-ring (bicyclic) bond motifs is 1. The molecule has 0 amide bonds. The maximum Gasteiger partial charge on any atom is 0.317 e. The highest BCUT2D eigenvalue weighted by molar-refractivity contribution is 5.95. The molecule has 0 atom stereocenters. The number of hydrogen-bond acceptors (Lipinski definition) is 5. The van der Waals surface area contributed by atoms with E-state index in [4.69, 9.17) is 4.74 Å². The number of hydrogen-bond donors (Lipinski definition) is 2. The molecule has 1 heterocycles. The van der Waals surface area contributed by atoms with Crippen LogP contribution in [0.25, 0.3) is 10.9 Å². The molecule has 4 rings (SSSR count). The van der Waals surface area contributed by atoms with Crippen LogP contribution in [-0.2, 0) is 4.79 Å². The number of carboxylic acids is 1. The van der Waals surface area contributed by atoms with Crippen LogP contribution in [0.2, 0.25) is 0 Å². The number of ether oxygens (including phenoxy) is 1. The highest BCUT2D eigenvalue weighted by Crippen LogP contribution is 2.36. The van der Waals surface area contributed by atoms with Crippen LogP contribution in [0.1, 0.15) is 31.4 Å². The lowest BCUT2D eigenvalue weighted by Gasteiger charge is -2.43. The number of aryl methyl sites for hydroxylation is 1. The summed E-state index contributed by atoms with van der Waals surface area (Å²) in [6.07, 6.45) is 4.45. The molecule has 1 aromatic carbocycles. The van der Waals surface area contributed by atoms with Crippen LogP contribution in [0.3, 0.4) is 0 Å². The summed E-state index contributed by atoms with van der Waals surface area (Å²) < 4.78 is 5.46. The summed E-state index contributed by atoms with van der Waals surface area (Å²) in [5, 5.41) is 13.9. The van der Waals surface area contributed by atoms with Gasteiger partial charge < -0.3 is 15.2 Å². The van der Waals surface area contributed by atoms with Crippen LogP contribution in [0.4, 0.5) is 5.69 Å². The number of pyridine rings is 1. The first kappa shape index (κ1) is 18.0. The van der Waals surface area contributed by atoms with Crippen molar-refractivity contribution >= 4 is 22.6 Å². The number of benzene rings is 1. The molecule has 0 spiro atoms. The number of nitrogens with one attached hydrogen (secondary N) is 1. The van der Waals surface area contributed by atoms with Gasteiger partial charge in [0.2, 0.25) is 0 Å². The largest absolute Gasteiger partial charge is 0.494 e. The summed E-state index contributed by atoms with van der Waals surface area (Å²) in [6.45, 7) is 3.07. The maximum atomic E-state index is 11.2. The molecule has 144 valence electrons. The van der Waals surface area contributed by atoms with Gasteiger partial charge >= 0.3 is 5.97 Å². The van der Waals surface area contributed by atoms with E-state index in [9.17, 15) is 9.90 Å². The Kier molecular flexibility index (Phi) is 4.91. The molecular weight excluding hydrogens is 342 g/mol. The Morgan fingerprint density at radius 1 is 1.37 bits per heavy atom. The molecule has 27 heavy (non-hydrogen) atoms. The van der Waals surface area contributed by atoms with Gasteiger partial charge in [0, 0.05) is 35.4 Å². The normalized spacial score (nSPS) is 21.9. The van der Waals surface area contributed by atoms with Gasteiger partial charge in [-0.2, -0.15) is 0 Å². The fourth-order valence-corrected chi connectivity index (χ4v) is 4.01. The first-order valence-electron chi connectivity index (χ1n) is 9.70. The Labute approximate surface area is 159 Å². The Hall–Kier alpha value is -2.34. The molecule has 2 saturated carbocycles. The molecule has 0 radical (unpaired) electrons. The van der Waals surface area contributed by atoms with E-state index in [-0.39, 0.29) is 6.54 Å². The van der Waals surface area contributed by atoms with Gasteiger partial charge in [-0.25, -0.2) is 4.98 Å². The second kappa shape index (κ2) is 7.35. The highest BCUT2D eigenvalue weighted by Gasteiger charge is 2.37. The van der Waals surface area contributed by atoms with E-state index in [1.165, 1.54) is 12.8 Å². The smallest absolute Gasteiger partial charge is 0.317 e. The van der Waals surface area contributed by atoms with E-state index in [1.807, 2.05) is 19.1 Å². The summed E-state index contributed by atoms with van der Waals surface area (Å²) in [5.74, 6) is 0.758. The molecule has 0 saturated heterocycles. The Morgan fingerprint density at radius 3 is 2.81 bits per heavy atom. The first-order chi connectivity index (χ1) is 13.0. The van der Waals surface area contributed by atoms with E-state index < -0.39 is 5.97 Å². The van der Waals surface area contributed by atoms with Gasteiger partial charge in [-0.3, -0.25) is 9.69 Å². The number of para-hydroxylation sites is 1. The fourth-order valence-electron chi connectivity index (χ4n) is 4.01. The molecule has 6 nitrogen and oxygen atoms in total. The van der Waals surface area contributed by atoms with Crippen molar-refractivity contribution in [1.82, 2.24) is 9.88 Å². The number of carboxylic acid groups (broad SMARTS) is 1. The molecule has 2 N–H and O–H groups in total. The van der Waals surface area contributed by atoms with Crippen molar-refractivity contribution < 1.29 is 14.6 Å². The standard InChI is InChI=1S/C21H27N3O3/c1-13-8-18(17-4-3-5-19(27-2)21(17)22-13)23-15-9-16(10-15)24(12-20(25)26)11-14-6-7-14/h3-5,8,14-16H,6-7,9-12H2,1-2H3,(H,22,23)(H,25,26). The SMILES string of the molecule is COc1cccc2c(NC3CC(N(CC(=O)O)CC4CC4)C3)cc(C)nc12. The summed E-state index contributed by atoms with van der Waals surface area (Å²) >= 11 is 0. The first-order valence-corrected chi connectivity index (χ1v) is 9.70. The van der Waals surface area contributed by atoms with Crippen molar-refractivity contribution in [3.05, 3.63) is 30.0 Å². The molecule has 0 bridgehead atoms. The number of methoxy groups -OCH3 is 1. The molecular formula is C21H27N3O3. The minimum absolute atomic E-state index is 0.155. The zero-order chi connectivity index (χ0) is 19.0. The summed E-state index contributed by atoms with van der Waals surface area (Å²) in [5.41, 5.74) is 2.90. The van der Waals surface area contributed by atoms with Crippen molar-refractivity contribution in [2.75, 3.05) is 25.5 Å². The second-order valence-electron chi connectivity index (χ2n) is 7.90. The van der Waals surface area contributed by atoms with Crippen LogP contribution < -0.4 is 10.1 Å². The van der Waals surface area contributed by atoms with Gasteiger partial charge in [0.1, 0.15) is 11.3 Å². The monoisotopic (exact) mass is 369 g/mol. The van der Waals surface area contributed by atoms with E-state index in [0.717, 1.165) is 47.4 Å². The summed E-state index contributed by atoms with van der Waals surface area (Å²) in [7, 11) is 1.67. The van der Waals surface area contributed by atoms with Crippen LogP contribution in [0, 0.1) is 12.8 Å². The highest BCUT2D eigenvalue weighted by atomic mass is 16.5. The van der Waals surface area contributed by atoms with Gasteiger partial charge in [0.15, 0.2) is 0 Å². The molecule has 2 fully saturated rings. The number of nitrogens with zero attached hydrogens (tertiary/aromatic N) is 2. The average molecular weight is 369 g/mol. The van der Waals surface area contributed by atoms with Crippen LogP contribution in [0.5, 0.6) is 5.75 Å². The Bertz CT molecular complexity index is 844. The lowest BCUT2D eigenvalue weighted by Crippen LogP contribution is -2.52. The molecule has 6 heteroatoms. The minimum atomic E-state index is -0.727. The van der Waals surface area contributed by atoms with E-state index in [2.05, 4.69) is 27.3 Å². The lowest BCUT2D eigenvalue weighted by molar-refractivity contribution is -0.139. The predicted octanol–water partition coefficient (Wildman–Crippen LogP) is 3.29. The zero-order valence-electron chi connectivity index (χ0n) is 15.9. The third-order valence-corrected chi connectivity index (χ3v) is 5.67. The molecule has 0 aliphatic heterocycles. The van der Waals surface area contributed by atoms with E-state index in [0.29, 0.717) is 18.0 Å². The molecule has 1 aromatic heterocycles. The number of rotatable bonds is 8. The van der Waals surface area contributed by atoms with E-state index >= 15 is 0 Å². The number of aromatic nitrogens is 1. The third kappa shape index (κ3) is 4.00. The van der Waals surface area contributed by atoms with Crippen LogP contribution >= 0.6 is 0 Å². The van der Waals surface area contributed by atoms with Crippen LogP contribution in [0.15, 0.2) is 24.3 Å². The number of aliphatic carboxylic acids is 1. The number of carbonyl (C=O) groups is 1. The number of anilines is 1. The second-order valence-corrected chi connectivity index (χ2v) is 7.90. The Balaban J connectivity index is 1.45. The molecule has 2 aromatic rings. The topological polar surface area (TPSA) is 74.7 Å². The van der Waals surface area contributed by atoms with Gasteiger partial charge in [0.25, 0.3) is 0 Å². The predicted molar refractivity (Wildman–Crippen MR) is 105 cm³/mol. The minimum Gasteiger partial charge on any atom is -0.494 e.